The normalized spacial score (nSPS) is 12.6. The van der Waals surface area contributed by atoms with Gasteiger partial charge in [-0.05, 0) is 24.1 Å². The van der Waals surface area contributed by atoms with Gasteiger partial charge in [0.15, 0.2) is 0 Å². The first-order valence-corrected chi connectivity index (χ1v) is 8.62. The molecule has 0 aliphatic carbocycles. The van der Waals surface area contributed by atoms with Crippen molar-refractivity contribution in [2.45, 2.75) is 32.1 Å². The van der Waals surface area contributed by atoms with E-state index in [2.05, 4.69) is 4.98 Å². The van der Waals surface area contributed by atoms with Crippen LogP contribution in [0.3, 0.4) is 0 Å². The number of nitrogens with zero attached hydrogens (tertiary/aromatic N) is 2. The fourth-order valence-electron chi connectivity index (χ4n) is 2.91. The molecule has 132 valence electrons. The molecular weight excluding hydrogens is 316 g/mol. The highest BCUT2D eigenvalue weighted by Crippen LogP contribution is 2.18. The number of aliphatic hydroxyl groups is 2. The van der Waals surface area contributed by atoms with E-state index in [0.717, 1.165) is 22.4 Å². The molecule has 2 N–H and O–H groups in total. The predicted octanol–water partition coefficient (Wildman–Crippen LogP) is 2.54. The first-order chi connectivity index (χ1) is 12.3. The number of aromatic nitrogens is 2. The Hall–Kier alpha value is -2.21. The molecule has 0 aliphatic rings. The fraction of sp³-hybridized carbons (Fsp3) is 0.350. The Kier molecular flexibility index (Phi) is 6.17. The summed E-state index contributed by atoms with van der Waals surface area (Å²) in [6.07, 6.45) is 0.723. The molecule has 0 radical (unpaired) electrons. The minimum atomic E-state index is -0.616. The zero-order chi connectivity index (χ0) is 17.5. The third kappa shape index (κ3) is 4.66. The van der Waals surface area contributed by atoms with Crippen molar-refractivity contribution in [2.75, 3.05) is 13.2 Å². The molecule has 3 rings (SSSR count). The standard InChI is InChI=1S/C20H24N2O3/c23-12-6-11-20-21-18-9-4-5-10-19(18)22(20)13-17(24)15-25-14-16-7-2-1-3-8-16/h1-5,7-10,17,23-24H,6,11-15H2/t17-/m0/s1. The molecule has 3 aromatic rings. The number of ether oxygens (including phenoxy) is 1. The summed E-state index contributed by atoms with van der Waals surface area (Å²) in [5, 5.41) is 19.5. The number of hydrogen-bond donors (Lipinski definition) is 2. The first kappa shape index (κ1) is 17.6. The second-order valence-electron chi connectivity index (χ2n) is 6.11. The van der Waals surface area contributed by atoms with Crippen molar-refractivity contribution in [1.29, 1.82) is 0 Å². The largest absolute Gasteiger partial charge is 0.396 e. The number of para-hydroxylation sites is 2. The lowest BCUT2D eigenvalue weighted by molar-refractivity contribution is 0.0205. The van der Waals surface area contributed by atoms with E-state index in [4.69, 9.17) is 9.84 Å². The van der Waals surface area contributed by atoms with Crippen molar-refractivity contribution in [3.05, 3.63) is 66.0 Å². The number of benzene rings is 2. The molecule has 0 fully saturated rings. The molecule has 0 saturated carbocycles. The smallest absolute Gasteiger partial charge is 0.110 e. The van der Waals surface area contributed by atoms with E-state index >= 15 is 0 Å². The number of aryl methyl sites for hydroxylation is 1. The summed E-state index contributed by atoms with van der Waals surface area (Å²) in [6, 6.07) is 17.8. The van der Waals surface area contributed by atoms with E-state index in [1.807, 2.05) is 59.2 Å². The summed E-state index contributed by atoms with van der Waals surface area (Å²) in [4.78, 5) is 4.63. The lowest BCUT2D eigenvalue weighted by Gasteiger charge is -2.15. The Balaban J connectivity index is 1.64. The highest BCUT2D eigenvalue weighted by molar-refractivity contribution is 5.75. The van der Waals surface area contributed by atoms with E-state index < -0.39 is 6.10 Å². The van der Waals surface area contributed by atoms with E-state index in [9.17, 15) is 5.11 Å². The van der Waals surface area contributed by atoms with Crippen LogP contribution in [-0.4, -0.2) is 39.1 Å². The zero-order valence-electron chi connectivity index (χ0n) is 14.2. The van der Waals surface area contributed by atoms with Crippen LogP contribution in [0.1, 0.15) is 17.8 Å². The Labute approximate surface area is 147 Å². The molecule has 0 aliphatic heterocycles. The molecule has 5 nitrogen and oxygen atoms in total. The van der Waals surface area contributed by atoms with Crippen LogP contribution in [0.25, 0.3) is 11.0 Å². The summed E-state index contributed by atoms with van der Waals surface area (Å²) in [5.74, 6) is 0.886. The monoisotopic (exact) mass is 340 g/mol. The molecule has 0 unspecified atom stereocenters. The molecule has 0 saturated heterocycles. The van der Waals surface area contributed by atoms with E-state index in [-0.39, 0.29) is 13.2 Å². The van der Waals surface area contributed by atoms with Gasteiger partial charge in [-0.1, -0.05) is 42.5 Å². The second-order valence-corrected chi connectivity index (χ2v) is 6.11. The maximum Gasteiger partial charge on any atom is 0.110 e. The molecule has 1 aromatic heterocycles. The SMILES string of the molecule is OCCCc1nc2ccccc2n1C[C@H](O)COCc1ccccc1. The predicted molar refractivity (Wildman–Crippen MR) is 97.2 cm³/mol. The summed E-state index contributed by atoms with van der Waals surface area (Å²) < 4.78 is 7.67. The fourth-order valence-corrected chi connectivity index (χ4v) is 2.91. The molecule has 1 heterocycles. The zero-order valence-corrected chi connectivity index (χ0v) is 14.2. The lowest BCUT2D eigenvalue weighted by atomic mass is 10.2. The number of hydrogen-bond acceptors (Lipinski definition) is 4. The van der Waals surface area contributed by atoms with Gasteiger partial charge in [0.1, 0.15) is 5.82 Å². The Morgan fingerprint density at radius 1 is 1.04 bits per heavy atom. The van der Waals surface area contributed by atoms with Crippen LogP contribution in [0.4, 0.5) is 0 Å². The van der Waals surface area contributed by atoms with Crippen LogP contribution in [0, 0.1) is 0 Å². The van der Waals surface area contributed by atoms with Gasteiger partial charge in [0.05, 0.1) is 36.9 Å². The van der Waals surface area contributed by atoms with Gasteiger partial charge in [-0.25, -0.2) is 4.98 Å². The van der Waals surface area contributed by atoms with Crippen LogP contribution in [0.5, 0.6) is 0 Å². The highest BCUT2D eigenvalue weighted by atomic mass is 16.5. The molecule has 25 heavy (non-hydrogen) atoms. The minimum Gasteiger partial charge on any atom is -0.396 e. The van der Waals surface area contributed by atoms with Crippen molar-refractivity contribution in [1.82, 2.24) is 9.55 Å². The summed E-state index contributed by atoms with van der Waals surface area (Å²) in [5.41, 5.74) is 3.00. The van der Waals surface area contributed by atoms with Crippen LogP contribution < -0.4 is 0 Å². The van der Waals surface area contributed by atoms with Crippen LogP contribution >= 0.6 is 0 Å². The maximum atomic E-state index is 10.4. The van der Waals surface area contributed by atoms with Crippen molar-refractivity contribution < 1.29 is 14.9 Å². The highest BCUT2D eigenvalue weighted by Gasteiger charge is 2.14. The van der Waals surface area contributed by atoms with Crippen LogP contribution in [-0.2, 0) is 24.3 Å². The quantitative estimate of drug-likeness (QED) is 0.628. The molecule has 2 aromatic carbocycles. The number of imidazole rings is 1. The van der Waals surface area contributed by atoms with Gasteiger partial charge in [-0.15, -0.1) is 0 Å². The summed E-state index contributed by atoms with van der Waals surface area (Å²) in [7, 11) is 0. The molecule has 5 heteroatoms. The summed E-state index contributed by atoms with van der Waals surface area (Å²) >= 11 is 0. The Morgan fingerprint density at radius 3 is 2.60 bits per heavy atom. The van der Waals surface area contributed by atoms with Crippen LogP contribution in [0.15, 0.2) is 54.6 Å². The van der Waals surface area contributed by atoms with Crippen molar-refractivity contribution in [3.63, 3.8) is 0 Å². The van der Waals surface area contributed by atoms with Gasteiger partial charge in [0, 0.05) is 13.0 Å². The van der Waals surface area contributed by atoms with Gasteiger partial charge in [0.25, 0.3) is 0 Å². The Morgan fingerprint density at radius 2 is 1.80 bits per heavy atom. The summed E-state index contributed by atoms with van der Waals surface area (Å²) in [6.45, 7) is 1.31. The molecular formula is C20H24N2O3. The third-order valence-electron chi connectivity index (χ3n) is 4.11. The van der Waals surface area contributed by atoms with Crippen LogP contribution in [0.2, 0.25) is 0 Å². The van der Waals surface area contributed by atoms with Gasteiger partial charge in [0.2, 0.25) is 0 Å². The number of rotatable bonds is 9. The van der Waals surface area contributed by atoms with Crippen molar-refractivity contribution in [3.8, 4) is 0 Å². The van der Waals surface area contributed by atoms with Crippen molar-refractivity contribution >= 4 is 11.0 Å². The minimum absolute atomic E-state index is 0.131. The molecule has 0 bridgehead atoms. The third-order valence-corrected chi connectivity index (χ3v) is 4.11. The van der Waals surface area contributed by atoms with E-state index in [0.29, 0.717) is 26.0 Å². The topological polar surface area (TPSA) is 67.5 Å². The van der Waals surface area contributed by atoms with Gasteiger partial charge < -0.3 is 19.5 Å². The molecule has 1 atom stereocenters. The number of aliphatic hydroxyl groups excluding tert-OH is 2. The van der Waals surface area contributed by atoms with Gasteiger partial charge in [-0.3, -0.25) is 0 Å². The van der Waals surface area contributed by atoms with E-state index in [1.165, 1.54) is 0 Å². The average molecular weight is 340 g/mol. The second kappa shape index (κ2) is 8.76. The Bertz CT molecular complexity index is 786. The van der Waals surface area contributed by atoms with Gasteiger partial charge >= 0.3 is 0 Å². The molecule has 0 amide bonds. The lowest BCUT2D eigenvalue weighted by Crippen LogP contribution is -2.23. The maximum absolute atomic E-state index is 10.4. The van der Waals surface area contributed by atoms with Gasteiger partial charge in [-0.2, -0.15) is 0 Å². The van der Waals surface area contributed by atoms with Crippen molar-refractivity contribution in [2.24, 2.45) is 0 Å². The molecule has 0 spiro atoms. The first-order valence-electron chi connectivity index (χ1n) is 8.62. The average Bonchev–Trinajstić information content (AvgIpc) is 2.98. The van der Waals surface area contributed by atoms with E-state index in [1.54, 1.807) is 0 Å². The number of fused-ring (bicyclic) bond motifs is 1.